The van der Waals surface area contributed by atoms with Gasteiger partial charge in [-0.15, -0.1) is 0 Å². The lowest BCUT2D eigenvalue weighted by Crippen LogP contribution is -1.75. The molecule has 1 rings (SSSR count). The van der Waals surface area contributed by atoms with Crippen LogP contribution in [0.3, 0.4) is 0 Å². The van der Waals surface area contributed by atoms with Gasteiger partial charge in [0.15, 0.2) is 5.56 Å². The summed E-state index contributed by atoms with van der Waals surface area (Å²) in [7, 11) is 0. The Morgan fingerprint density at radius 2 is 2.00 bits per heavy atom. The topological polar surface area (TPSA) is 32.8 Å². The Bertz CT molecular complexity index is 70.0. The van der Waals surface area contributed by atoms with Crippen LogP contribution in [0.4, 0.5) is 0 Å². The standard InChI is InChI=1S/C4H10O.C3H5ClO/c1-2-3-4-5;1-2-3(4)5-2/h5H,2-4H2,1H3;2-3H,1H3. The molecular formula is C7H15ClO2. The molecule has 1 fully saturated rings. The van der Waals surface area contributed by atoms with Crippen LogP contribution in [-0.2, 0) is 4.74 Å². The molecular weight excluding hydrogens is 152 g/mol. The lowest BCUT2D eigenvalue weighted by Gasteiger charge is -1.79. The Morgan fingerprint density at radius 1 is 1.60 bits per heavy atom. The minimum Gasteiger partial charge on any atom is -0.396 e. The molecule has 0 bridgehead atoms. The number of hydrogen-bond acceptors (Lipinski definition) is 2. The van der Waals surface area contributed by atoms with Crippen LogP contribution in [0.15, 0.2) is 0 Å². The number of aliphatic hydroxyl groups excluding tert-OH is 1. The summed E-state index contributed by atoms with van der Waals surface area (Å²) in [6.45, 7) is 4.34. The normalized spacial score (nSPS) is 28.8. The van der Waals surface area contributed by atoms with Gasteiger partial charge in [0.2, 0.25) is 0 Å². The molecule has 1 aliphatic heterocycles. The van der Waals surface area contributed by atoms with Crippen molar-refractivity contribution in [1.82, 2.24) is 0 Å². The summed E-state index contributed by atoms with van der Waals surface area (Å²) >= 11 is 5.31. The van der Waals surface area contributed by atoms with E-state index < -0.39 is 0 Å². The van der Waals surface area contributed by atoms with Gasteiger partial charge >= 0.3 is 0 Å². The van der Waals surface area contributed by atoms with E-state index in [2.05, 4.69) is 11.7 Å². The minimum absolute atomic E-state index is 0.0231. The maximum absolute atomic E-state index is 8.07. The first kappa shape index (κ1) is 10.2. The maximum atomic E-state index is 8.07. The minimum atomic E-state index is 0.0231. The average Bonchev–Trinajstić information content (AvgIpc) is 2.49. The monoisotopic (exact) mass is 166 g/mol. The van der Waals surface area contributed by atoms with E-state index in [1.54, 1.807) is 0 Å². The number of ether oxygens (including phenoxy) is 1. The van der Waals surface area contributed by atoms with Crippen molar-refractivity contribution in [3.05, 3.63) is 0 Å². The fraction of sp³-hybridized carbons (Fsp3) is 1.00. The van der Waals surface area contributed by atoms with Crippen LogP contribution >= 0.6 is 11.6 Å². The first-order valence-electron chi connectivity index (χ1n) is 3.62. The average molecular weight is 167 g/mol. The first-order valence-corrected chi connectivity index (χ1v) is 4.06. The highest BCUT2D eigenvalue weighted by Gasteiger charge is 2.30. The third kappa shape index (κ3) is 6.33. The van der Waals surface area contributed by atoms with Gasteiger partial charge in [-0.1, -0.05) is 24.9 Å². The highest BCUT2D eigenvalue weighted by Crippen LogP contribution is 2.23. The van der Waals surface area contributed by atoms with Crippen molar-refractivity contribution < 1.29 is 9.84 Å². The van der Waals surface area contributed by atoms with Gasteiger partial charge in [0, 0.05) is 6.61 Å². The van der Waals surface area contributed by atoms with E-state index >= 15 is 0 Å². The molecule has 1 saturated heterocycles. The van der Waals surface area contributed by atoms with Gasteiger partial charge < -0.3 is 9.84 Å². The lowest BCUT2D eigenvalue weighted by atomic mass is 10.4. The van der Waals surface area contributed by atoms with Crippen LogP contribution in [0.2, 0.25) is 0 Å². The molecule has 0 saturated carbocycles. The van der Waals surface area contributed by atoms with Gasteiger partial charge in [0.25, 0.3) is 0 Å². The van der Waals surface area contributed by atoms with E-state index in [9.17, 15) is 0 Å². The zero-order chi connectivity index (χ0) is 7.98. The molecule has 2 unspecified atom stereocenters. The number of alkyl halides is 1. The molecule has 0 aromatic rings. The highest BCUT2D eigenvalue weighted by molar-refractivity contribution is 6.21. The number of rotatable bonds is 2. The molecule has 0 amide bonds. The van der Waals surface area contributed by atoms with Gasteiger partial charge in [-0.05, 0) is 13.3 Å². The second-order valence-electron chi connectivity index (χ2n) is 2.27. The van der Waals surface area contributed by atoms with Crippen LogP contribution in [0.1, 0.15) is 26.7 Å². The predicted octanol–water partition coefficient (Wildman–Crippen LogP) is 1.75. The summed E-state index contributed by atoms with van der Waals surface area (Å²) in [5.41, 5.74) is 0.0231. The molecule has 0 radical (unpaired) electrons. The molecule has 1 aliphatic rings. The van der Waals surface area contributed by atoms with E-state index in [0.717, 1.165) is 12.8 Å². The molecule has 1 heterocycles. The van der Waals surface area contributed by atoms with E-state index in [1.165, 1.54) is 0 Å². The van der Waals surface area contributed by atoms with Crippen molar-refractivity contribution in [3.63, 3.8) is 0 Å². The second-order valence-corrected chi connectivity index (χ2v) is 2.70. The molecule has 0 aromatic heterocycles. The zero-order valence-electron chi connectivity index (χ0n) is 6.51. The SMILES string of the molecule is CC1OC1Cl.CCCCO. The van der Waals surface area contributed by atoms with Crippen LogP contribution in [0, 0.1) is 0 Å². The number of unbranched alkanes of at least 4 members (excludes halogenated alkanes) is 1. The lowest BCUT2D eigenvalue weighted by molar-refractivity contribution is 0.287. The fourth-order valence-corrected chi connectivity index (χ4v) is 0.480. The van der Waals surface area contributed by atoms with Crippen LogP contribution < -0.4 is 0 Å². The molecule has 0 aromatic carbocycles. The maximum Gasteiger partial charge on any atom is 0.157 e. The summed E-state index contributed by atoms with van der Waals surface area (Å²) in [6, 6.07) is 0. The van der Waals surface area contributed by atoms with Crippen molar-refractivity contribution in [1.29, 1.82) is 0 Å². The fourth-order valence-electron chi connectivity index (χ4n) is 0.318. The van der Waals surface area contributed by atoms with Crippen molar-refractivity contribution >= 4 is 11.6 Å². The Labute approximate surface area is 67.1 Å². The predicted molar refractivity (Wildman–Crippen MR) is 42.2 cm³/mol. The zero-order valence-corrected chi connectivity index (χ0v) is 7.27. The Balaban J connectivity index is 0.000000162. The Hall–Kier alpha value is 0.210. The van der Waals surface area contributed by atoms with E-state index in [-0.39, 0.29) is 5.56 Å². The molecule has 10 heavy (non-hydrogen) atoms. The molecule has 62 valence electrons. The van der Waals surface area contributed by atoms with E-state index in [1.807, 2.05) is 6.92 Å². The van der Waals surface area contributed by atoms with Gasteiger partial charge in [-0.2, -0.15) is 0 Å². The smallest absolute Gasteiger partial charge is 0.157 e. The van der Waals surface area contributed by atoms with Gasteiger partial charge in [0.05, 0.1) is 6.10 Å². The quantitative estimate of drug-likeness (QED) is 0.501. The number of hydrogen-bond donors (Lipinski definition) is 1. The first-order chi connectivity index (χ1) is 4.72. The Morgan fingerprint density at radius 3 is 2.00 bits per heavy atom. The van der Waals surface area contributed by atoms with Gasteiger partial charge in [-0.3, -0.25) is 0 Å². The van der Waals surface area contributed by atoms with E-state index in [0.29, 0.717) is 12.7 Å². The van der Waals surface area contributed by atoms with Crippen LogP contribution in [-0.4, -0.2) is 23.4 Å². The van der Waals surface area contributed by atoms with Gasteiger partial charge in [0.1, 0.15) is 0 Å². The Kier molecular flexibility index (Phi) is 6.08. The van der Waals surface area contributed by atoms with Crippen molar-refractivity contribution in [3.8, 4) is 0 Å². The largest absolute Gasteiger partial charge is 0.396 e. The molecule has 1 N–H and O–H groups in total. The third-order valence-corrected chi connectivity index (χ3v) is 1.61. The van der Waals surface area contributed by atoms with Crippen molar-refractivity contribution in [2.45, 2.75) is 38.4 Å². The third-order valence-electron chi connectivity index (χ3n) is 1.15. The van der Waals surface area contributed by atoms with Crippen LogP contribution in [0.5, 0.6) is 0 Å². The molecule has 2 nitrogen and oxygen atoms in total. The van der Waals surface area contributed by atoms with Crippen molar-refractivity contribution in [2.24, 2.45) is 0 Å². The second kappa shape index (κ2) is 5.96. The van der Waals surface area contributed by atoms with Crippen molar-refractivity contribution in [2.75, 3.05) is 6.61 Å². The van der Waals surface area contributed by atoms with E-state index in [4.69, 9.17) is 16.7 Å². The number of aliphatic hydroxyl groups is 1. The summed E-state index contributed by atoms with van der Waals surface area (Å²) in [4.78, 5) is 0. The molecule has 0 aliphatic carbocycles. The summed E-state index contributed by atoms with van der Waals surface area (Å²) in [5.74, 6) is 0. The molecule has 0 spiro atoms. The summed E-state index contributed by atoms with van der Waals surface area (Å²) in [5, 5.41) is 8.07. The molecule has 2 atom stereocenters. The number of epoxide rings is 1. The highest BCUT2D eigenvalue weighted by atomic mass is 35.5. The molecule has 3 heteroatoms. The summed E-state index contributed by atoms with van der Waals surface area (Å²) in [6.07, 6.45) is 2.35. The summed E-state index contributed by atoms with van der Waals surface area (Å²) < 4.78 is 4.68. The van der Waals surface area contributed by atoms with Crippen LogP contribution in [0.25, 0.3) is 0 Å². The van der Waals surface area contributed by atoms with Gasteiger partial charge in [-0.25, -0.2) is 0 Å². The number of halogens is 1.